The molecule has 0 bridgehead atoms. The monoisotopic (exact) mass is 422 g/mol. The van der Waals surface area contributed by atoms with Gasteiger partial charge in [-0.05, 0) is 55.3 Å². The minimum absolute atomic E-state index is 0.0468. The predicted octanol–water partition coefficient (Wildman–Crippen LogP) is 3.20. The first kappa shape index (κ1) is 20.8. The summed E-state index contributed by atoms with van der Waals surface area (Å²) in [4.78, 5) is 13.9. The number of nitrogens with zero attached hydrogens (tertiary/aromatic N) is 1. The van der Waals surface area contributed by atoms with Crippen LogP contribution in [0.15, 0.2) is 47.4 Å². The van der Waals surface area contributed by atoms with Crippen molar-refractivity contribution >= 4 is 27.6 Å². The first-order valence-electron chi connectivity index (χ1n) is 9.07. The Morgan fingerprint density at radius 3 is 2.50 bits per heavy atom. The van der Waals surface area contributed by atoms with E-state index in [0.29, 0.717) is 0 Å². The molecule has 1 aliphatic rings. The van der Waals surface area contributed by atoms with E-state index in [1.54, 1.807) is 0 Å². The number of methoxy groups -OCH3 is 1. The van der Waals surface area contributed by atoms with Gasteiger partial charge >= 0.3 is 5.97 Å². The zero-order valence-corrected chi connectivity index (χ0v) is 17.2. The maximum Gasteiger partial charge on any atom is 0.337 e. The van der Waals surface area contributed by atoms with E-state index in [-0.39, 0.29) is 22.0 Å². The van der Waals surface area contributed by atoms with Gasteiger partial charge in [0.25, 0.3) is 0 Å². The predicted molar refractivity (Wildman–Crippen MR) is 108 cm³/mol. The molecule has 1 fully saturated rings. The Bertz CT molecular complexity index is 956. The molecule has 1 aliphatic heterocycles. The smallest absolute Gasteiger partial charge is 0.337 e. The van der Waals surface area contributed by atoms with Gasteiger partial charge in [-0.25, -0.2) is 17.9 Å². The average Bonchev–Trinajstić information content (AvgIpc) is 3.20. The third-order valence-electron chi connectivity index (χ3n) is 4.81. The van der Waals surface area contributed by atoms with E-state index in [9.17, 15) is 13.2 Å². The fraction of sp³-hybridized carbons (Fsp3) is 0.350. The summed E-state index contributed by atoms with van der Waals surface area (Å²) in [7, 11) is -2.66. The Balaban J connectivity index is 1.78. The maximum absolute atomic E-state index is 12.8. The van der Waals surface area contributed by atoms with E-state index in [2.05, 4.69) is 14.4 Å². The van der Waals surface area contributed by atoms with Crippen molar-refractivity contribution in [2.75, 3.05) is 20.2 Å². The molecule has 0 unspecified atom stereocenters. The number of sulfonamides is 1. The van der Waals surface area contributed by atoms with E-state index in [0.717, 1.165) is 30.8 Å². The molecule has 0 spiro atoms. The first-order valence-corrected chi connectivity index (χ1v) is 10.9. The molecule has 150 valence electrons. The zero-order chi connectivity index (χ0) is 20.1. The number of nitrogens with one attached hydrogen (secondary N) is 1. The number of benzene rings is 2. The van der Waals surface area contributed by atoms with Crippen LogP contribution in [0.2, 0.25) is 5.02 Å². The molecule has 28 heavy (non-hydrogen) atoms. The lowest BCUT2D eigenvalue weighted by Gasteiger charge is -2.18. The van der Waals surface area contributed by atoms with Crippen molar-refractivity contribution in [2.24, 2.45) is 0 Å². The molecule has 0 aromatic heterocycles. The Morgan fingerprint density at radius 1 is 1.14 bits per heavy atom. The first-order chi connectivity index (χ1) is 13.4. The number of rotatable bonds is 7. The minimum atomic E-state index is -3.90. The fourth-order valence-corrected chi connectivity index (χ4v) is 4.80. The lowest BCUT2D eigenvalue weighted by atomic mass is 10.1. The summed E-state index contributed by atoms with van der Waals surface area (Å²) in [6, 6.07) is 11.8. The molecule has 8 heteroatoms. The second kappa shape index (κ2) is 9.05. The molecule has 0 radical (unpaired) electrons. The number of carbonyl (C=O) groups excluding carboxylic acids is 1. The number of hydrogen-bond donors (Lipinski definition) is 1. The summed E-state index contributed by atoms with van der Waals surface area (Å²) in [6.07, 6.45) is 2.40. The number of halogens is 1. The lowest BCUT2D eigenvalue weighted by molar-refractivity contribution is 0.0600. The number of ether oxygens (including phenoxy) is 1. The molecule has 6 nitrogen and oxygen atoms in total. The molecular formula is C20H23ClN2O4S. The van der Waals surface area contributed by atoms with Crippen LogP contribution in [0.1, 0.15) is 34.3 Å². The Hall–Kier alpha value is -1.93. The second-order valence-corrected chi connectivity index (χ2v) is 8.86. The molecule has 1 heterocycles. The van der Waals surface area contributed by atoms with Crippen LogP contribution < -0.4 is 4.72 Å². The normalized spacial score (nSPS) is 14.9. The molecule has 1 N–H and O–H groups in total. The molecule has 1 saturated heterocycles. The van der Waals surface area contributed by atoms with E-state index < -0.39 is 16.0 Å². The van der Waals surface area contributed by atoms with Crippen LogP contribution in [0.3, 0.4) is 0 Å². The highest BCUT2D eigenvalue weighted by molar-refractivity contribution is 7.89. The highest BCUT2D eigenvalue weighted by Gasteiger charge is 2.21. The van der Waals surface area contributed by atoms with Crippen LogP contribution in [0.5, 0.6) is 0 Å². The van der Waals surface area contributed by atoms with Crippen molar-refractivity contribution < 1.29 is 17.9 Å². The highest BCUT2D eigenvalue weighted by atomic mass is 35.5. The van der Waals surface area contributed by atoms with Gasteiger partial charge in [-0.2, -0.15) is 0 Å². The van der Waals surface area contributed by atoms with Crippen LogP contribution in [0.4, 0.5) is 0 Å². The van der Waals surface area contributed by atoms with E-state index >= 15 is 0 Å². The van der Waals surface area contributed by atoms with E-state index in [4.69, 9.17) is 11.6 Å². The van der Waals surface area contributed by atoms with Gasteiger partial charge in [0, 0.05) is 13.1 Å². The van der Waals surface area contributed by atoms with Gasteiger partial charge in [-0.3, -0.25) is 4.90 Å². The zero-order valence-electron chi connectivity index (χ0n) is 15.7. The largest absolute Gasteiger partial charge is 0.465 e. The van der Waals surface area contributed by atoms with Crippen LogP contribution in [0, 0.1) is 0 Å². The molecule has 2 aromatic carbocycles. The number of esters is 1. The molecule has 0 amide bonds. The molecule has 0 atom stereocenters. The van der Waals surface area contributed by atoms with Crippen molar-refractivity contribution in [1.29, 1.82) is 0 Å². The lowest BCUT2D eigenvalue weighted by Crippen LogP contribution is -2.25. The van der Waals surface area contributed by atoms with Gasteiger partial charge in [0.05, 0.1) is 17.7 Å². The van der Waals surface area contributed by atoms with Crippen LogP contribution in [-0.2, 0) is 27.8 Å². The standard InChI is InChI=1S/C20H23ClN2O4S/c1-27-20(24)15-8-9-18(21)19(12-15)28(25,26)22-13-16-6-2-3-7-17(16)14-23-10-4-5-11-23/h2-3,6-9,12,22H,4-5,10-11,13-14H2,1H3. The van der Waals surface area contributed by atoms with Gasteiger partial charge in [-0.15, -0.1) is 0 Å². The average molecular weight is 423 g/mol. The Kier molecular flexibility index (Phi) is 6.72. The topological polar surface area (TPSA) is 75.7 Å². The second-order valence-electron chi connectivity index (χ2n) is 6.71. The number of likely N-dealkylation sites (tertiary alicyclic amines) is 1. The van der Waals surface area contributed by atoms with Crippen LogP contribution >= 0.6 is 11.6 Å². The minimum Gasteiger partial charge on any atom is -0.465 e. The van der Waals surface area contributed by atoms with Crippen molar-refractivity contribution in [2.45, 2.75) is 30.8 Å². The van der Waals surface area contributed by atoms with Crippen molar-refractivity contribution in [1.82, 2.24) is 9.62 Å². The van der Waals surface area contributed by atoms with Gasteiger partial charge in [-0.1, -0.05) is 35.9 Å². The maximum atomic E-state index is 12.8. The van der Waals surface area contributed by atoms with Gasteiger partial charge in [0.1, 0.15) is 4.90 Å². The van der Waals surface area contributed by atoms with E-state index in [1.165, 1.54) is 38.2 Å². The summed E-state index contributed by atoms with van der Waals surface area (Å²) >= 11 is 6.08. The summed E-state index contributed by atoms with van der Waals surface area (Å²) in [6.45, 7) is 3.08. The quantitative estimate of drug-likeness (QED) is 0.693. The summed E-state index contributed by atoms with van der Waals surface area (Å²) in [5, 5.41) is 0.0468. The summed E-state index contributed by atoms with van der Waals surface area (Å²) < 4.78 is 32.8. The third-order valence-corrected chi connectivity index (χ3v) is 6.69. The molecule has 0 aliphatic carbocycles. The SMILES string of the molecule is COC(=O)c1ccc(Cl)c(S(=O)(=O)NCc2ccccc2CN2CCCC2)c1. The van der Waals surface area contributed by atoms with Crippen LogP contribution in [0.25, 0.3) is 0 Å². The van der Waals surface area contributed by atoms with Crippen molar-refractivity contribution in [3.63, 3.8) is 0 Å². The molecule has 0 saturated carbocycles. The fourth-order valence-electron chi connectivity index (χ4n) is 3.27. The Labute approximate surface area is 170 Å². The molecule has 3 rings (SSSR count). The van der Waals surface area contributed by atoms with Crippen molar-refractivity contribution in [3.8, 4) is 0 Å². The van der Waals surface area contributed by atoms with E-state index in [1.807, 2.05) is 24.3 Å². The van der Waals surface area contributed by atoms with Gasteiger partial charge < -0.3 is 4.74 Å². The summed E-state index contributed by atoms with van der Waals surface area (Å²) in [5.41, 5.74) is 2.14. The van der Waals surface area contributed by atoms with Crippen LogP contribution in [-0.4, -0.2) is 39.5 Å². The number of hydrogen-bond acceptors (Lipinski definition) is 5. The third kappa shape index (κ3) is 4.91. The summed E-state index contributed by atoms with van der Waals surface area (Å²) in [5.74, 6) is -0.621. The molecular weight excluding hydrogens is 400 g/mol. The molecule has 2 aromatic rings. The highest BCUT2D eigenvalue weighted by Crippen LogP contribution is 2.24. The van der Waals surface area contributed by atoms with Gasteiger partial charge in [0.15, 0.2) is 0 Å². The Morgan fingerprint density at radius 2 is 1.82 bits per heavy atom. The number of carbonyl (C=O) groups is 1. The van der Waals surface area contributed by atoms with Crippen molar-refractivity contribution in [3.05, 3.63) is 64.2 Å². The van der Waals surface area contributed by atoms with Gasteiger partial charge in [0.2, 0.25) is 10.0 Å².